The number of benzene rings is 1. The van der Waals surface area contributed by atoms with Crippen molar-refractivity contribution in [3.8, 4) is 0 Å². The number of likely N-dealkylation sites (N-methyl/N-ethyl adjacent to an activating group) is 1. The number of ether oxygens (including phenoxy) is 1. The van der Waals surface area contributed by atoms with E-state index in [0.717, 1.165) is 31.2 Å². The molecule has 1 saturated carbocycles. The lowest BCUT2D eigenvalue weighted by molar-refractivity contribution is 0.0875. The van der Waals surface area contributed by atoms with Crippen LogP contribution in [0.4, 0.5) is 4.39 Å². The van der Waals surface area contributed by atoms with Crippen molar-refractivity contribution in [2.45, 2.75) is 31.8 Å². The molecule has 2 unspecified atom stereocenters. The van der Waals surface area contributed by atoms with Crippen LogP contribution in [0.15, 0.2) is 24.3 Å². The van der Waals surface area contributed by atoms with E-state index in [4.69, 9.17) is 10.5 Å². The standard InChI is InChI=1S/C16H25FN2O/c1-12(18)16(14-5-7-15(17)8-6-14)19(2)9-10-20-11-13-3-4-13/h5-8,12-13,16H,3-4,9-11,18H2,1-2H3. The Morgan fingerprint density at radius 3 is 2.55 bits per heavy atom. The second-order valence-corrected chi connectivity index (χ2v) is 5.85. The lowest BCUT2D eigenvalue weighted by Gasteiger charge is -2.31. The van der Waals surface area contributed by atoms with Gasteiger partial charge in [0.2, 0.25) is 0 Å². The van der Waals surface area contributed by atoms with Crippen molar-refractivity contribution in [2.24, 2.45) is 11.7 Å². The van der Waals surface area contributed by atoms with E-state index in [9.17, 15) is 4.39 Å². The lowest BCUT2D eigenvalue weighted by atomic mass is 9.99. The Balaban J connectivity index is 1.87. The van der Waals surface area contributed by atoms with Crippen molar-refractivity contribution < 1.29 is 9.13 Å². The summed E-state index contributed by atoms with van der Waals surface area (Å²) in [4.78, 5) is 2.19. The first-order chi connectivity index (χ1) is 9.58. The van der Waals surface area contributed by atoms with E-state index in [1.165, 1.54) is 25.0 Å². The average Bonchev–Trinajstić information content (AvgIpc) is 3.21. The van der Waals surface area contributed by atoms with Crippen LogP contribution in [0.25, 0.3) is 0 Å². The van der Waals surface area contributed by atoms with Gasteiger partial charge in [-0.2, -0.15) is 0 Å². The van der Waals surface area contributed by atoms with Gasteiger partial charge >= 0.3 is 0 Å². The molecule has 2 rings (SSSR count). The molecule has 2 atom stereocenters. The quantitative estimate of drug-likeness (QED) is 0.744. The number of hydrogen-bond donors (Lipinski definition) is 1. The molecule has 20 heavy (non-hydrogen) atoms. The Hall–Kier alpha value is -0.970. The van der Waals surface area contributed by atoms with Gasteiger partial charge in [0.25, 0.3) is 0 Å². The molecular formula is C16H25FN2O. The summed E-state index contributed by atoms with van der Waals surface area (Å²) in [6.45, 7) is 4.41. The highest BCUT2D eigenvalue weighted by atomic mass is 19.1. The van der Waals surface area contributed by atoms with E-state index in [1.54, 1.807) is 0 Å². The third kappa shape index (κ3) is 4.54. The highest BCUT2D eigenvalue weighted by Crippen LogP contribution is 2.28. The highest BCUT2D eigenvalue weighted by molar-refractivity contribution is 5.21. The predicted molar refractivity (Wildman–Crippen MR) is 79.0 cm³/mol. The van der Waals surface area contributed by atoms with E-state index in [1.807, 2.05) is 26.1 Å². The summed E-state index contributed by atoms with van der Waals surface area (Å²) in [7, 11) is 2.04. The normalized spacial score (nSPS) is 18.2. The summed E-state index contributed by atoms with van der Waals surface area (Å²) in [6, 6.07) is 6.66. The number of rotatable bonds is 8. The Bertz CT molecular complexity index is 403. The minimum absolute atomic E-state index is 0.0195. The maximum atomic E-state index is 13.0. The van der Waals surface area contributed by atoms with Gasteiger partial charge in [0.05, 0.1) is 6.61 Å². The fraction of sp³-hybridized carbons (Fsp3) is 0.625. The van der Waals surface area contributed by atoms with Gasteiger partial charge in [-0.25, -0.2) is 4.39 Å². The minimum Gasteiger partial charge on any atom is -0.380 e. The van der Waals surface area contributed by atoms with E-state index in [2.05, 4.69) is 4.90 Å². The Morgan fingerprint density at radius 1 is 1.35 bits per heavy atom. The molecule has 1 aromatic rings. The maximum Gasteiger partial charge on any atom is 0.123 e. The molecule has 112 valence electrons. The van der Waals surface area contributed by atoms with Crippen molar-refractivity contribution in [1.29, 1.82) is 0 Å². The zero-order chi connectivity index (χ0) is 14.5. The third-order valence-electron chi connectivity index (χ3n) is 3.82. The zero-order valence-electron chi connectivity index (χ0n) is 12.4. The summed E-state index contributed by atoms with van der Waals surface area (Å²) < 4.78 is 18.7. The molecule has 2 N–H and O–H groups in total. The summed E-state index contributed by atoms with van der Waals surface area (Å²) in [5.41, 5.74) is 7.14. The van der Waals surface area contributed by atoms with Crippen LogP contribution in [-0.4, -0.2) is 37.7 Å². The van der Waals surface area contributed by atoms with Crippen LogP contribution in [0.3, 0.4) is 0 Å². The fourth-order valence-electron chi connectivity index (χ4n) is 2.50. The molecule has 0 bridgehead atoms. The lowest BCUT2D eigenvalue weighted by Crippen LogP contribution is -2.38. The SMILES string of the molecule is CC(N)C(c1ccc(F)cc1)N(C)CCOCC1CC1. The molecule has 1 aliphatic carbocycles. The van der Waals surface area contributed by atoms with Crippen molar-refractivity contribution in [1.82, 2.24) is 4.90 Å². The van der Waals surface area contributed by atoms with Gasteiger partial charge < -0.3 is 10.5 Å². The molecule has 0 amide bonds. The van der Waals surface area contributed by atoms with Crippen molar-refractivity contribution in [3.63, 3.8) is 0 Å². The van der Waals surface area contributed by atoms with E-state index < -0.39 is 0 Å². The second kappa shape index (κ2) is 7.16. The molecule has 0 saturated heterocycles. The first-order valence-corrected chi connectivity index (χ1v) is 7.37. The maximum absolute atomic E-state index is 13.0. The van der Waals surface area contributed by atoms with Gasteiger partial charge in [0.15, 0.2) is 0 Å². The number of halogens is 1. The monoisotopic (exact) mass is 280 g/mol. The van der Waals surface area contributed by atoms with E-state index in [-0.39, 0.29) is 17.9 Å². The first kappa shape index (κ1) is 15.4. The molecule has 4 heteroatoms. The molecule has 1 fully saturated rings. The molecule has 0 spiro atoms. The van der Waals surface area contributed by atoms with Crippen LogP contribution < -0.4 is 5.73 Å². The van der Waals surface area contributed by atoms with Gasteiger partial charge in [-0.15, -0.1) is 0 Å². The van der Waals surface area contributed by atoms with Crippen molar-refractivity contribution in [3.05, 3.63) is 35.6 Å². The van der Waals surface area contributed by atoms with Crippen LogP contribution in [0.1, 0.15) is 31.4 Å². The Kier molecular flexibility index (Phi) is 5.52. The zero-order valence-corrected chi connectivity index (χ0v) is 12.4. The average molecular weight is 280 g/mol. The summed E-state index contributed by atoms with van der Waals surface area (Å²) >= 11 is 0. The van der Waals surface area contributed by atoms with Crippen LogP contribution in [0, 0.1) is 11.7 Å². The number of hydrogen-bond acceptors (Lipinski definition) is 3. The molecular weight excluding hydrogens is 255 g/mol. The van der Waals surface area contributed by atoms with E-state index >= 15 is 0 Å². The smallest absolute Gasteiger partial charge is 0.123 e. The number of nitrogens with two attached hydrogens (primary N) is 1. The van der Waals surface area contributed by atoms with Gasteiger partial charge in [-0.3, -0.25) is 4.90 Å². The predicted octanol–water partition coefficient (Wildman–Crippen LogP) is 2.57. The topological polar surface area (TPSA) is 38.5 Å². The molecule has 3 nitrogen and oxygen atoms in total. The van der Waals surface area contributed by atoms with Gasteiger partial charge in [0, 0.05) is 25.2 Å². The summed E-state index contributed by atoms with van der Waals surface area (Å²) in [6.07, 6.45) is 2.63. The highest BCUT2D eigenvalue weighted by Gasteiger charge is 2.23. The Labute approximate surface area is 120 Å². The third-order valence-corrected chi connectivity index (χ3v) is 3.82. The molecule has 1 aliphatic rings. The molecule has 0 aromatic heterocycles. The molecule has 0 heterocycles. The van der Waals surface area contributed by atoms with Crippen LogP contribution >= 0.6 is 0 Å². The summed E-state index contributed by atoms with van der Waals surface area (Å²) in [5.74, 6) is 0.578. The van der Waals surface area contributed by atoms with E-state index in [0.29, 0.717) is 0 Å². The van der Waals surface area contributed by atoms with Crippen molar-refractivity contribution >= 4 is 0 Å². The minimum atomic E-state index is -0.215. The molecule has 0 aliphatic heterocycles. The van der Waals surface area contributed by atoms with Crippen molar-refractivity contribution in [2.75, 3.05) is 26.8 Å². The summed E-state index contributed by atoms with van der Waals surface area (Å²) in [5, 5.41) is 0. The molecule has 1 aromatic carbocycles. The van der Waals surface area contributed by atoms with Crippen LogP contribution in [0.5, 0.6) is 0 Å². The van der Waals surface area contributed by atoms with Gasteiger partial charge in [0.1, 0.15) is 5.82 Å². The van der Waals surface area contributed by atoms with Gasteiger partial charge in [-0.1, -0.05) is 12.1 Å². The largest absolute Gasteiger partial charge is 0.380 e. The van der Waals surface area contributed by atoms with Gasteiger partial charge in [-0.05, 0) is 50.4 Å². The first-order valence-electron chi connectivity index (χ1n) is 7.37. The fourth-order valence-corrected chi connectivity index (χ4v) is 2.50. The number of nitrogens with zero attached hydrogens (tertiary/aromatic N) is 1. The van der Waals surface area contributed by atoms with Crippen LogP contribution in [0.2, 0.25) is 0 Å². The second-order valence-electron chi connectivity index (χ2n) is 5.85. The van der Waals surface area contributed by atoms with Crippen LogP contribution in [-0.2, 0) is 4.74 Å². The Morgan fingerprint density at radius 2 is 2.00 bits per heavy atom. The molecule has 0 radical (unpaired) electrons.